The molecule has 0 amide bonds. The topological polar surface area (TPSA) is 57.0 Å². The van der Waals surface area contributed by atoms with Gasteiger partial charge in [0.15, 0.2) is 0 Å². The van der Waals surface area contributed by atoms with Crippen LogP contribution in [0.25, 0.3) is 11.0 Å². The third-order valence-electron chi connectivity index (χ3n) is 3.27. The van der Waals surface area contributed by atoms with E-state index < -0.39 is 0 Å². The fourth-order valence-electron chi connectivity index (χ4n) is 2.32. The molecule has 0 radical (unpaired) electrons. The lowest BCUT2D eigenvalue weighted by atomic mass is 10.0. The van der Waals surface area contributed by atoms with Crippen LogP contribution in [0.4, 0.5) is 0 Å². The fraction of sp³-hybridized carbons (Fsp3) is 0.214. The molecule has 0 bridgehead atoms. The van der Waals surface area contributed by atoms with Crippen LogP contribution < -0.4 is 5.73 Å². The molecule has 98 valence electrons. The molecular weight excluding hydrogens is 306 g/mol. The lowest BCUT2D eigenvalue weighted by Crippen LogP contribution is -2.17. The van der Waals surface area contributed by atoms with Crippen molar-refractivity contribution in [2.45, 2.75) is 19.5 Å². The van der Waals surface area contributed by atoms with E-state index in [0.717, 1.165) is 33.2 Å². The van der Waals surface area contributed by atoms with Gasteiger partial charge in [0.05, 0.1) is 28.7 Å². The van der Waals surface area contributed by atoms with Crippen molar-refractivity contribution in [3.8, 4) is 0 Å². The minimum atomic E-state index is -0.263. The summed E-state index contributed by atoms with van der Waals surface area (Å²) >= 11 is 3.51. The van der Waals surface area contributed by atoms with Gasteiger partial charge in [-0.2, -0.15) is 5.10 Å². The molecular formula is C14H14BrN3O. The number of benzene rings is 1. The highest BCUT2D eigenvalue weighted by Crippen LogP contribution is 2.32. The molecule has 3 aromatic rings. The van der Waals surface area contributed by atoms with Crippen molar-refractivity contribution in [1.29, 1.82) is 0 Å². The highest BCUT2D eigenvalue weighted by atomic mass is 79.9. The number of hydrogen-bond donors (Lipinski definition) is 1. The van der Waals surface area contributed by atoms with Gasteiger partial charge < -0.3 is 10.2 Å². The molecule has 1 unspecified atom stereocenters. The molecule has 0 spiro atoms. The van der Waals surface area contributed by atoms with E-state index in [4.69, 9.17) is 10.2 Å². The van der Waals surface area contributed by atoms with Crippen molar-refractivity contribution in [1.82, 2.24) is 9.78 Å². The van der Waals surface area contributed by atoms with Gasteiger partial charge in [-0.1, -0.05) is 18.2 Å². The van der Waals surface area contributed by atoms with Gasteiger partial charge in [0.1, 0.15) is 5.58 Å². The van der Waals surface area contributed by atoms with E-state index in [2.05, 4.69) is 21.0 Å². The number of fused-ring (bicyclic) bond motifs is 1. The first kappa shape index (κ1) is 12.4. The average molecular weight is 320 g/mol. The van der Waals surface area contributed by atoms with E-state index in [1.165, 1.54) is 0 Å². The summed E-state index contributed by atoms with van der Waals surface area (Å²) in [6, 6.07) is 7.64. The fourth-order valence-corrected chi connectivity index (χ4v) is 2.86. The molecule has 19 heavy (non-hydrogen) atoms. The Kier molecular flexibility index (Phi) is 3.16. The van der Waals surface area contributed by atoms with Crippen molar-refractivity contribution < 1.29 is 4.42 Å². The molecule has 2 aromatic heterocycles. The molecule has 0 aliphatic carbocycles. The third-order valence-corrected chi connectivity index (χ3v) is 3.88. The Labute approximate surface area is 119 Å². The van der Waals surface area contributed by atoms with Gasteiger partial charge >= 0.3 is 0 Å². The minimum absolute atomic E-state index is 0.263. The zero-order valence-electron chi connectivity index (χ0n) is 10.5. The monoisotopic (exact) mass is 319 g/mol. The Morgan fingerprint density at radius 3 is 3.00 bits per heavy atom. The summed E-state index contributed by atoms with van der Waals surface area (Å²) in [6.07, 6.45) is 3.51. The lowest BCUT2D eigenvalue weighted by Gasteiger charge is -2.13. The zero-order chi connectivity index (χ0) is 13.4. The molecule has 0 saturated heterocycles. The van der Waals surface area contributed by atoms with Crippen LogP contribution in [0.3, 0.4) is 0 Å². The van der Waals surface area contributed by atoms with Crippen LogP contribution in [-0.4, -0.2) is 9.78 Å². The third kappa shape index (κ3) is 1.99. The van der Waals surface area contributed by atoms with Gasteiger partial charge in [0, 0.05) is 17.5 Å². The molecule has 0 aliphatic rings. The summed E-state index contributed by atoms with van der Waals surface area (Å²) in [5.41, 5.74) is 9.20. The standard InChI is InChI=1S/C14H14BrN3O/c1-2-18-14(11(15)7-17-18)13(16)10-8-19-12-6-4-3-5-9(10)12/h3-8,13H,2,16H2,1H3. The molecule has 0 saturated carbocycles. The number of aromatic nitrogens is 2. The number of para-hydroxylation sites is 1. The van der Waals surface area contributed by atoms with Crippen LogP contribution >= 0.6 is 15.9 Å². The van der Waals surface area contributed by atoms with Gasteiger partial charge in [-0.25, -0.2) is 0 Å². The minimum Gasteiger partial charge on any atom is -0.464 e. The molecule has 5 heteroatoms. The largest absolute Gasteiger partial charge is 0.464 e. The number of aryl methyl sites for hydroxylation is 1. The predicted molar refractivity (Wildman–Crippen MR) is 77.8 cm³/mol. The number of nitrogens with zero attached hydrogens (tertiary/aromatic N) is 2. The molecule has 2 heterocycles. The number of furan rings is 1. The quantitative estimate of drug-likeness (QED) is 0.804. The van der Waals surface area contributed by atoms with Crippen molar-refractivity contribution >= 4 is 26.9 Å². The van der Waals surface area contributed by atoms with Crippen molar-refractivity contribution in [2.75, 3.05) is 0 Å². The second-order valence-electron chi connectivity index (χ2n) is 4.36. The lowest BCUT2D eigenvalue weighted by molar-refractivity contribution is 0.584. The Morgan fingerprint density at radius 1 is 1.42 bits per heavy atom. The van der Waals surface area contributed by atoms with Crippen molar-refractivity contribution in [2.24, 2.45) is 5.73 Å². The highest BCUT2D eigenvalue weighted by Gasteiger charge is 2.21. The van der Waals surface area contributed by atoms with Crippen LogP contribution in [0.2, 0.25) is 0 Å². The second kappa shape index (κ2) is 4.83. The summed E-state index contributed by atoms with van der Waals surface area (Å²) < 4.78 is 8.38. The van der Waals surface area contributed by atoms with E-state index in [1.54, 1.807) is 12.5 Å². The molecule has 4 nitrogen and oxygen atoms in total. The van der Waals surface area contributed by atoms with Gasteiger partial charge in [-0.05, 0) is 28.9 Å². The first-order chi connectivity index (χ1) is 9.22. The van der Waals surface area contributed by atoms with Crippen LogP contribution in [0.15, 0.2) is 45.6 Å². The van der Waals surface area contributed by atoms with Crippen LogP contribution in [0.5, 0.6) is 0 Å². The maximum absolute atomic E-state index is 6.40. The van der Waals surface area contributed by atoms with Crippen molar-refractivity contribution in [3.05, 3.63) is 52.5 Å². The first-order valence-electron chi connectivity index (χ1n) is 6.15. The Bertz CT molecular complexity index is 716. The summed E-state index contributed by atoms with van der Waals surface area (Å²) in [4.78, 5) is 0. The molecule has 3 rings (SSSR count). The van der Waals surface area contributed by atoms with Gasteiger partial charge in [0.25, 0.3) is 0 Å². The smallest absolute Gasteiger partial charge is 0.134 e. The van der Waals surface area contributed by atoms with Crippen LogP contribution in [-0.2, 0) is 6.54 Å². The molecule has 1 aromatic carbocycles. The highest BCUT2D eigenvalue weighted by molar-refractivity contribution is 9.10. The van der Waals surface area contributed by atoms with Gasteiger partial charge in [-0.3, -0.25) is 4.68 Å². The van der Waals surface area contributed by atoms with Crippen LogP contribution in [0.1, 0.15) is 24.2 Å². The van der Waals surface area contributed by atoms with E-state index in [1.807, 2.05) is 35.9 Å². The number of nitrogens with two attached hydrogens (primary N) is 1. The number of halogens is 1. The zero-order valence-corrected chi connectivity index (χ0v) is 12.1. The van der Waals surface area contributed by atoms with Crippen LogP contribution in [0, 0.1) is 0 Å². The molecule has 1 atom stereocenters. The van der Waals surface area contributed by atoms with E-state index >= 15 is 0 Å². The second-order valence-corrected chi connectivity index (χ2v) is 5.21. The van der Waals surface area contributed by atoms with Gasteiger partial charge in [0.2, 0.25) is 0 Å². The Hall–Kier alpha value is -1.59. The predicted octanol–water partition coefficient (Wildman–Crippen LogP) is 3.46. The molecule has 0 aliphatic heterocycles. The van der Waals surface area contributed by atoms with E-state index in [0.29, 0.717) is 0 Å². The number of hydrogen-bond acceptors (Lipinski definition) is 3. The molecule has 2 N–H and O–H groups in total. The van der Waals surface area contributed by atoms with Gasteiger partial charge in [-0.15, -0.1) is 0 Å². The Morgan fingerprint density at radius 2 is 2.21 bits per heavy atom. The normalized spacial score (nSPS) is 13.0. The maximum atomic E-state index is 6.40. The summed E-state index contributed by atoms with van der Waals surface area (Å²) in [5, 5.41) is 5.35. The number of rotatable bonds is 3. The summed E-state index contributed by atoms with van der Waals surface area (Å²) in [5.74, 6) is 0. The molecule has 0 fully saturated rings. The Balaban J connectivity index is 2.13. The average Bonchev–Trinajstić information content (AvgIpc) is 3.01. The van der Waals surface area contributed by atoms with E-state index in [9.17, 15) is 0 Å². The summed E-state index contributed by atoms with van der Waals surface area (Å²) in [6.45, 7) is 2.83. The van der Waals surface area contributed by atoms with Crippen molar-refractivity contribution in [3.63, 3.8) is 0 Å². The first-order valence-corrected chi connectivity index (χ1v) is 6.94. The SMILES string of the molecule is CCn1ncc(Br)c1C(N)c1coc2ccccc12. The van der Waals surface area contributed by atoms with E-state index in [-0.39, 0.29) is 6.04 Å². The maximum Gasteiger partial charge on any atom is 0.134 e. The summed E-state index contributed by atoms with van der Waals surface area (Å²) in [7, 11) is 0.